The molecule has 0 aromatic carbocycles. The van der Waals surface area contributed by atoms with Gasteiger partial charge in [0.1, 0.15) is 11.3 Å². The quantitative estimate of drug-likeness (QED) is 0.686. The Morgan fingerprint density at radius 1 is 1.20 bits per heavy atom. The lowest BCUT2D eigenvalue weighted by molar-refractivity contribution is 0.399. The van der Waals surface area contributed by atoms with Crippen molar-refractivity contribution in [1.82, 2.24) is 19.6 Å². The van der Waals surface area contributed by atoms with E-state index in [9.17, 15) is 4.21 Å². The molecule has 0 fully saturated rings. The fourth-order valence-electron chi connectivity index (χ4n) is 2.62. The van der Waals surface area contributed by atoms with E-state index in [2.05, 4.69) is 15.0 Å². The molecule has 3 rings (SSSR count). The van der Waals surface area contributed by atoms with Crippen LogP contribution in [0.15, 0.2) is 23.5 Å². The second-order valence-corrected chi connectivity index (χ2v) is 6.84. The average Bonchev–Trinajstić information content (AvgIpc) is 2.94. The number of nitrogens with zero attached hydrogens (tertiary/aromatic N) is 4. The first-order chi connectivity index (χ1) is 12.0. The van der Waals surface area contributed by atoms with Gasteiger partial charge < -0.3 is 15.3 Å². The summed E-state index contributed by atoms with van der Waals surface area (Å²) < 4.78 is 24.5. The third-order valence-electron chi connectivity index (χ3n) is 3.91. The Bertz CT molecular complexity index is 970. The molecule has 1 unspecified atom stereocenters. The van der Waals surface area contributed by atoms with Gasteiger partial charge in [-0.05, 0) is 19.9 Å². The Hall–Kier alpha value is -2.68. The van der Waals surface area contributed by atoms with E-state index in [0.29, 0.717) is 22.7 Å². The molecule has 1 atom stereocenters. The summed E-state index contributed by atoms with van der Waals surface area (Å²) in [5, 5.41) is 0.233. The molecule has 132 valence electrons. The molecule has 0 saturated carbocycles. The van der Waals surface area contributed by atoms with Gasteiger partial charge in [0, 0.05) is 23.4 Å². The molecule has 0 spiro atoms. The third-order valence-corrected chi connectivity index (χ3v) is 5.14. The number of hydrogen-bond donors (Lipinski definition) is 1. The average molecular weight is 361 g/mol. The van der Waals surface area contributed by atoms with Crippen molar-refractivity contribution in [2.45, 2.75) is 24.8 Å². The monoisotopic (exact) mass is 361 g/mol. The van der Waals surface area contributed by atoms with Crippen LogP contribution in [0.25, 0.3) is 11.2 Å². The van der Waals surface area contributed by atoms with Crippen LogP contribution in [0, 0.1) is 13.8 Å². The predicted molar refractivity (Wildman–Crippen MR) is 94.6 cm³/mol. The number of hydrogen-bond acceptors (Lipinski definition) is 7. The van der Waals surface area contributed by atoms with E-state index in [1.807, 2.05) is 13.8 Å². The minimum atomic E-state index is -1.49. The maximum absolute atomic E-state index is 12.8. The fraction of sp³-hybridized carbons (Fsp3) is 0.312. The van der Waals surface area contributed by atoms with E-state index in [1.165, 1.54) is 11.8 Å². The lowest BCUT2D eigenvalue weighted by atomic mass is 10.1. The number of ether oxygens (including phenoxy) is 2. The standard InChI is InChI=1S/C16H19N5O3S/c1-9-7-18-12(10(2)14(9)24-4)8-25(22)16-19-11-5-6-13(23-3)20-15(11)21(16)17/h5-7H,8,17H2,1-4H3. The lowest BCUT2D eigenvalue weighted by Crippen LogP contribution is -2.16. The molecule has 0 amide bonds. The number of nitrogens with two attached hydrogens (primary N) is 1. The first kappa shape index (κ1) is 17.2. The minimum absolute atomic E-state index is 0.181. The molecular formula is C16H19N5O3S. The van der Waals surface area contributed by atoms with Crippen LogP contribution in [-0.2, 0) is 16.6 Å². The Morgan fingerprint density at radius 2 is 1.96 bits per heavy atom. The fourth-order valence-corrected chi connectivity index (χ4v) is 3.79. The summed E-state index contributed by atoms with van der Waals surface area (Å²) >= 11 is 0. The smallest absolute Gasteiger partial charge is 0.220 e. The summed E-state index contributed by atoms with van der Waals surface area (Å²) in [7, 11) is 1.64. The summed E-state index contributed by atoms with van der Waals surface area (Å²) in [5.74, 6) is 7.37. The Balaban J connectivity index is 1.97. The summed E-state index contributed by atoms with van der Waals surface area (Å²) in [6.07, 6.45) is 1.70. The van der Waals surface area contributed by atoms with Gasteiger partial charge in [0.2, 0.25) is 11.0 Å². The first-order valence-electron chi connectivity index (χ1n) is 7.52. The van der Waals surface area contributed by atoms with Gasteiger partial charge in [-0.25, -0.2) is 9.66 Å². The first-order valence-corrected chi connectivity index (χ1v) is 8.84. The molecule has 0 bridgehead atoms. The zero-order chi connectivity index (χ0) is 18.1. The van der Waals surface area contributed by atoms with Crippen molar-refractivity contribution in [2.75, 3.05) is 20.1 Å². The molecule has 0 aliphatic heterocycles. The van der Waals surface area contributed by atoms with Crippen molar-refractivity contribution in [3.63, 3.8) is 0 Å². The minimum Gasteiger partial charge on any atom is -0.496 e. The van der Waals surface area contributed by atoms with E-state index in [1.54, 1.807) is 25.4 Å². The van der Waals surface area contributed by atoms with Crippen LogP contribution in [0.2, 0.25) is 0 Å². The number of pyridine rings is 2. The highest BCUT2D eigenvalue weighted by atomic mass is 32.2. The van der Waals surface area contributed by atoms with E-state index >= 15 is 0 Å². The molecule has 9 heteroatoms. The van der Waals surface area contributed by atoms with Gasteiger partial charge in [0.25, 0.3) is 0 Å². The number of methoxy groups -OCH3 is 2. The number of rotatable bonds is 5. The number of fused-ring (bicyclic) bond motifs is 1. The normalized spacial score (nSPS) is 12.3. The van der Waals surface area contributed by atoms with Gasteiger partial charge in [-0.1, -0.05) is 0 Å². The second kappa shape index (κ2) is 6.67. The highest BCUT2D eigenvalue weighted by Crippen LogP contribution is 2.26. The van der Waals surface area contributed by atoms with Crippen LogP contribution in [0.5, 0.6) is 11.6 Å². The largest absolute Gasteiger partial charge is 0.496 e. The van der Waals surface area contributed by atoms with Gasteiger partial charge in [0.15, 0.2) is 5.65 Å². The van der Waals surface area contributed by atoms with Gasteiger partial charge in [-0.2, -0.15) is 4.98 Å². The summed E-state index contributed by atoms with van der Waals surface area (Å²) in [5.41, 5.74) is 3.43. The third kappa shape index (κ3) is 3.02. The van der Waals surface area contributed by atoms with Gasteiger partial charge in [-0.15, -0.1) is 0 Å². The molecule has 25 heavy (non-hydrogen) atoms. The van der Waals surface area contributed by atoms with Gasteiger partial charge in [0.05, 0.1) is 36.5 Å². The molecule has 0 aliphatic rings. The van der Waals surface area contributed by atoms with Crippen molar-refractivity contribution in [2.24, 2.45) is 0 Å². The molecule has 3 aromatic heterocycles. The number of imidazole rings is 1. The van der Waals surface area contributed by atoms with E-state index in [-0.39, 0.29) is 10.9 Å². The van der Waals surface area contributed by atoms with Crippen LogP contribution < -0.4 is 15.3 Å². The number of nitrogen functional groups attached to an aromatic ring is 1. The van der Waals surface area contributed by atoms with Crippen molar-refractivity contribution in [3.8, 4) is 11.6 Å². The molecule has 0 saturated heterocycles. The van der Waals surface area contributed by atoms with Gasteiger partial charge >= 0.3 is 0 Å². The summed E-state index contributed by atoms with van der Waals surface area (Å²) in [6.45, 7) is 3.81. The molecule has 2 N–H and O–H groups in total. The molecule has 3 aromatic rings. The van der Waals surface area contributed by atoms with Gasteiger partial charge in [-0.3, -0.25) is 9.19 Å². The van der Waals surface area contributed by atoms with Crippen LogP contribution >= 0.6 is 0 Å². The molecular weight excluding hydrogens is 342 g/mol. The predicted octanol–water partition coefficient (Wildman–Crippen LogP) is 1.48. The zero-order valence-corrected chi connectivity index (χ0v) is 15.3. The number of aryl methyl sites for hydroxylation is 1. The highest BCUT2D eigenvalue weighted by molar-refractivity contribution is 7.84. The van der Waals surface area contributed by atoms with E-state index in [0.717, 1.165) is 16.9 Å². The number of aromatic nitrogens is 4. The maximum Gasteiger partial charge on any atom is 0.220 e. The molecule has 0 radical (unpaired) electrons. The molecule has 0 aliphatic carbocycles. The van der Waals surface area contributed by atoms with Crippen LogP contribution in [0.4, 0.5) is 0 Å². The lowest BCUT2D eigenvalue weighted by Gasteiger charge is -2.11. The van der Waals surface area contributed by atoms with Crippen molar-refractivity contribution >= 4 is 22.0 Å². The molecule has 8 nitrogen and oxygen atoms in total. The second-order valence-electron chi connectivity index (χ2n) is 5.50. The zero-order valence-electron chi connectivity index (χ0n) is 14.4. The summed E-state index contributed by atoms with van der Waals surface area (Å²) in [4.78, 5) is 13.0. The van der Waals surface area contributed by atoms with Crippen molar-refractivity contribution in [3.05, 3.63) is 35.2 Å². The van der Waals surface area contributed by atoms with Crippen molar-refractivity contribution < 1.29 is 13.7 Å². The van der Waals surface area contributed by atoms with Crippen LogP contribution in [0.3, 0.4) is 0 Å². The Kier molecular flexibility index (Phi) is 4.58. The van der Waals surface area contributed by atoms with E-state index < -0.39 is 10.8 Å². The van der Waals surface area contributed by atoms with E-state index in [4.69, 9.17) is 15.3 Å². The Labute approximate surface area is 147 Å². The maximum atomic E-state index is 12.8. The van der Waals surface area contributed by atoms with Crippen LogP contribution in [-0.4, -0.2) is 38.1 Å². The summed E-state index contributed by atoms with van der Waals surface area (Å²) in [6, 6.07) is 3.40. The van der Waals surface area contributed by atoms with Crippen molar-refractivity contribution in [1.29, 1.82) is 0 Å². The topological polar surface area (TPSA) is 105 Å². The highest BCUT2D eigenvalue weighted by Gasteiger charge is 2.19. The SMILES string of the molecule is COc1ccc2nc(S(=O)Cc3ncc(C)c(OC)c3C)n(N)c2n1. The van der Waals surface area contributed by atoms with Crippen LogP contribution in [0.1, 0.15) is 16.8 Å². The molecule has 3 heterocycles. The Morgan fingerprint density at radius 3 is 2.64 bits per heavy atom.